The average molecular weight is 381 g/mol. The molecular weight excluding hydrogens is 362 g/mol. The van der Waals surface area contributed by atoms with Crippen LogP contribution in [0.2, 0.25) is 0 Å². The second-order valence-electron chi connectivity index (χ2n) is 6.94. The number of imidazole rings is 1. The molecule has 0 radical (unpaired) electrons. The van der Waals surface area contributed by atoms with Gasteiger partial charge < -0.3 is 9.30 Å². The molecule has 0 aliphatic carbocycles. The van der Waals surface area contributed by atoms with Crippen LogP contribution < -0.4 is 4.74 Å². The molecule has 29 heavy (non-hydrogen) atoms. The van der Waals surface area contributed by atoms with E-state index >= 15 is 0 Å². The second-order valence-corrected chi connectivity index (χ2v) is 6.94. The number of aromatic nitrogens is 3. The maximum absolute atomic E-state index is 13.7. The van der Waals surface area contributed by atoms with Gasteiger partial charge in [0.1, 0.15) is 11.6 Å². The molecule has 5 aromatic rings. The maximum atomic E-state index is 13.7. The van der Waals surface area contributed by atoms with Gasteiger partial charge >= 0.3 is 0 Å². The molecule has 3 aromatic carbocycles. The Morgan fingerprint density at radius 1 is 0.897 bits per heavy atom. The van der Waals surface area contributed by atoms with Gasteiger partial charge in [0.15, 0.2) is 0 Å². The Morgan fingerprint density at radius 3 is 2.41 bits per heavy atom. The third-order valence-corrected chi connectivity index (χ3v) is 5.24. The maximum Gasteiger partial charge on any atom is 0.267 e. The highest BCUT2D eigenvalue weighted by Crippen LogP contribution is 2.33. The quantitative estimate of drug-likeness (QED) is 0.447. The summed E-state index contributed by atoms with van der Waals surface area (Å²) < 4.78 is 9.18. The monoisotopic (exact) mass is 381 g/mol. The summed E-state index contributed by atoms with van der Waals surface area (Å²) in [5, 5.41) is 1.05. The molecule has 0 bridgehead atoms. The number of hydrogen-bond acceptors (Lipinski definition) is 3. The Balaban J connectivity index is 1.83. The van der Waals surface area contributed by atoms with Gasteiger partial charge in [0, 0.05) is 29.7 Å². The molecule has 142 valence electrons. The normalized spacial score (nSPS) is 11.2. The Kier molecular flexibility index (Phi) is 3.95. The van der Waals surface area contributed by atoms with Crippen LogP contribution in [0.5, 0.6) is 5.75 Å². The van der Waals surface area contributed by atoms with Crippen LogP contribution in [-0.2, 0) is 7.05 Å². The molecule has 0 unspecified atom stereocenters. The molecule has 0 amide bonds. The average Bonchev–Trinajstić information content (AvgIpc) is 3.31. The van der Waals surface area contributed by atoms with E-state index in [9.17, 15) is 4.79 Å². The zero-order valence-electron chi connectivity index (χ0n) is 16.2. The van der Waals surface area contributed by atoms with Crippen molar-refractivity contribution in [2.45, 2.75) is 0 Å². The summed E-state index contributed by atoms with van der Waals surface area (Å²) >= 11 is 0. The van der Waals surface area contributed by atoms with Crippen molar-refractivity contribution in [1.82, 2.24) is 14.1 Å². The summed E-state index contributed by atoms with van der Waals surface area (Å²) in [6, 6.07) is 23.1. The number of rotatable bonds is 3. The van der Waals surface area contributed by atoms with Gasteiger partial charge in [0.25, 0.3) is 5.91 Å². The molecular formula is C24H19N3O2. The second kappa shape index (κ2) is 6.63. The smallest absolute Gasteiger partial charge is 0.267 e. The SMILES string of the molecule is COc1ccccc1C(=O)n1c(-c2cn(C)c3ccccc23)nc2ccccc21. The van der Waals surface area contributed by atoms with Crippen molar-refractivity contribution in [2.24, 2.45) is 7.05 Å². The minimum absolute atomic E-state index is 0.168. The molecule has 0 aliphatic rings. The summed E-state index contributed by atoms with van der Waals surface area (Å²) in [6.07, 6.45) is 2.03. The lowest BCUT2D eigenvalue weighted by atomic mass is 10.1. The van der Waals surface area contributed by atoms with Crippen molar-refractivity contribution >= 4 is 27.8 Å². The van der Waals surface area contributed by atoms with Crippen LogP contribution in [0.4, 0.5) is 0 Å². The highest BCUT2D eigenvalue weighted by molar-refractivity contribution is 6.07. The molecule has 2 heterocycles. The fraction of sp³-hybridized carbons (Fsp3) is 0.0833. The van der Waals surface area contributed by atoms with Gasteiger partial charge in [0.2, 0.25) is 0 Å². The lowest BCUT2D eigenvalue weighted by Crippen LogP contribution is -2.14. The fourth-order valence-electron chi connectivity index (χ4n) is 3.87. The van der Waals surface area contributed by atoms with E-state index in [2.05, 4.69) is 16.7 Å². The van der Waals surface area contributed by atoms with Crippen LogP contribution in [0.15, 0.2) is 79.0 Å². The van der Waals surface area contributed by atoms with E-state index in [1.807, 2.05) is 61.8 Å². The number of aryl methyl sites for hydroxylation is 1. The number of benzene rings is 3. The number of methoxy groups -OCH3 is 1. The number of hydrogen-bond donors (Lipinski definition) is 0. The Morgan fingerprint density at radius 2 is 1.59 bits per heavy atom. The first kappa shape index (κ1) is 17.3. The predicted molar refractivity (Wildman–Crippen MR) is 114 cm³/mol. The first-order valence-corrected chi connectivity index (χ1v) is 9.38. The van der Waals surface area contributed by atoms with E-state index in [-0.39, 0.29) is 5.91 Å². The summed E-state index contributed by atoms with van der Waals surface area (Å²) in [5.74, 6) is 0.997. The van der Waals surface area contributed by atoms with Crippen LogP contribution >= 0.6 is 0 Å². The first-order valence-electron chi connectivity index (χ1n) is 9.38. The molecule has 0 fully saturated rings. The van der Waals surface area contributed by atoms with E-state index in [1.54, 1.807) is 23.8 Å². The van der Waals surface area contributed by atoms with Crippen molar-refractivity contribution < 1.29 is 9.53 Å². The first-order chi connectivity index (χ1) is 14.2. The third-order valence-electron chi connectivity index (χ3n) is 5.24. The van der Waals surface area contributed by atoms with Crippen LogP contribution in [0.3, 0.4) is 0 Å². The van der Waals surface area contributed by atoms with Crippen LogP contribution in [0.25, 0.3) is 33.3 Å². The zero-order valence-corrected chi connectivity index (χ0v) is 16.2. The molecule has 0 saturated heterocycles. The Bertz CT molecular complexity index is 1380. The lowest BCUT2D eigenvalue weighted by Gasteiger charge is -2.11. The van der Waals surface area contributed by atoms with Crippen LogP contribution in [0.1, 0.15) is 10.4 Å². The largest absolute Gasteiger partial charge is 0.496 e. The molecule has 0 N–H and O–H groups in total. The van der Waals surface area contributed by atoms with Crippen molar-refractivity contribution in [3.05, 3.63) is 84.6 Å². The molecule has 5 heteroatoms. The van der Waals surface area contributed by atoms with E-state index in [0.717, 1.165) is 27.5 Å². The predicted octanol–water partition coefficient (Wildman–Crippen LogP) is 4.89. The molecule has 0 aliphatic heterocycles. The zero-order chi connectivity index (χ0) is 20.0. The van der Waals surface area contributed by atoms with E-state index < -0.39 is 0 Å². The summed E-state index contributed by atoms with van der Waals surface area (Å²) in [6.45, 7) is 0. The standard InChI is InChI=1S/C24H19N3O2/c1-26-15-18(16-9-3-6-12-20(16)26)23-25-19-11-5-7-13-21(19)27(23)24(28)17-10-4-8-14-22(17)29-2/h3-15H,1-2H3. The number of fused-ring (bicyclic) bond motifs is 2. The van der Waals surface area contributed by atoms with Gasteiger partial charge in [-0.2, -0.15) is 0 Å². The van der Waals surface area contributed by atoms with Crippen LogP contribution in [0, 0.1) is 0 Å². The molecule has 5 nitrogen and oxygen atoms in total. The number of carbonyl (C=O) groups excluding carboxylic acids is 1. The van der Waals surface area contributed by atoms with Gasteiger partial charge in [-0.3, -0.25) is 9.36 Å². The highest BCUT2D eigenvalue weighted by atomic mass is 16.5. The van der Waals surface area contributed by atoms with E-state index in [4.69, 9.17) is 9.72 Å². The lowest BCUT2D eigenvalue weighted by molar-refractivity contribution is 0.0963. The molecule has 0 spiro atoms. The summed E-state index contributed by atoms with van der Waals surface area (Å²) in [4.78, 5) is 18.5. The van der Waals surface area contributed by atoms with E-state index in [1.165, 1.54) is 0 Å². The Labute approximate surface area is 167 Å². The number of ether oxygens (including phenoxy) is 1. The minimum atomic E-state index is -0.168. The topological polar surface area (TPSA) is 49.0 Å². The van der Waals surface area contributed by atoms with Crippen molar-refractivity contribution in [3.63, 3.8) is 0 Å². The van der Waals surface area contributed by atoms with Crippen LogP contribution in [-0.4, -0.2) is 27.1 Å². The minimum Gasteiger partial charge on any atom is -0.496 e. The van der Waals surface area contributed by atoms with Crippen molar-refractivity contribution in [3.8, 4) is 17.1 Å². The van der Waals surface area contributed by atoms with E-state index in [0.29, 0.717) is 17.1 Å². The molecule has 0 atom stereocenters. The van der Waals surface area contributed by atoms with Crippen molar-refractivity contribution in [1.29, 1.82) is 0 Å². The Hall–Kier alpha value is -3.86. The molecule has 5 rings (SSSR count). The van der Waals surface area contributed by atoms with Crippen molar-refractivity contribution in [2.75, 3.05) is 7.11 Å². The summed E-state index contributed by atoms with van der Waals surface area (Å²) in [7, 11) is 3.57. The number of carbonyl (C=O) groups is 1. The molecule has 2 aromatic heterocycles. The van der Waals surface area contributed by atoms with Gasteiger partial charge in [-0.25, -0.2) is 4.98 Å². The number of nitrogens with zero attached hydrogens (tertiary/aromatic N) is 3. The number of para-hydroxylation sites is 4. The van der Waals surface area contributed by atoms with Gasteiger partial charge in [0.05, 0.1) is 23.7 Å². The van der Waals surface area contributed by atoms with Gasteiger partial charge in [-0.15, -0.1) is 0 Å². The summed E-state index contributed by atoms with van der Waals surface area (Å²) in [5.41, 5.74) is 4.05. The third kappa shape index (κ3) is 2.63. The van der Waals surface area contributed by atoms with Gasteiger partial charge in [-0.1, -0.05) is 42.5 Å². The van der Waals surface area contributed by atoms with Gasteiger partial charge in [-0.05, 0) is 30.3 Å². The fourth-order valence-corrected chi connectivity index (χ4v) is 3.87. The highest BCUT2D eigenvalue weighted by Gasteiger charge is 2.23. The molecule has 0 saturated carbocycles.